The number of fused-ring (bicyclic) bond motifs is 1. The molecule has 1 fully saturated rings. The van der Waals surface area contributed by atoms with E-state index < -0.39 is 11.6 Å². The second-order valence-corrected chi connectivity index (χ2v) is 8.37. The summed E-state index contributed by atoms with van der Waals surface area (Å²) in [5.74, 6) is 0.154. The predicted molar refractivity (Wildman–Crippen MR) is 125 cm³/mol. The Labute approximate surface area is 194 Å². The first kappa shape index (κ1) is 21.8. The zero-order valence-electron chi connectivity index (χ0n) is 18.5. The molecule has 5 rings (SSSR count). The molecule has 9 heteroatoms. The SMILES string of the molecule is Cc1c[nH]c2ncnc(N3CCC(C(=O)Nc4cc(F)cc(Oc5ccc(F)cc5)c4)CC3)c12. The Hall–Kier alpha value is -4.01. The van der Waals surface area contributed by atoms with Crippen LogP contribution in [0, 0.1) is 24.5 Å². The Kier molecular flexibility index (Phi) is 5.83. The quantitative estimate of drug-likeness (QED) is 0.426. The second-order valence-electron chi connectivity index (χ2n) is 8.37. The maximum atomic E-state index is 14.1. The molecule has 34 heavy (non-hydrogen) atoms. The van der Waals surface area contributed by atoms with E-state index in [0.29, 0.717) is 37.4 Å². The van der Waals surface area contributed by atoms with Crippen molar-refractivity contribution >= 4 is 28.4 Å². The number of ether oxygens (including phenoxy) is 1. The van der Waals surface area contributed by atoms with Gasteiger partial charge in [-0.1, -0.05) is 0 Å². The number of benzene rings is 2. The lowest BCUT2D eigenvalue weighted by Crippen LogP contribution is -2.38. The third-order valence-electron chi connectivity index (χ3n) is 6.00. The molecule has 0 atom stereocenters. The Morgan fingerprint density at radius 2 is 1.82 bits per heavy atom. The van der Waals surface area contributed by atoms with Crippen LogP contribution in [-0.2, 0) is 4.79 Å². The molecular formula is C25H23F2N5O2. The van der Waals surface area contributed by atoms with Crippen LogP contribution in [0.2, 0.25) is 0 Å². The van der Waals surface area contributed by atoms with Crippen LogP contribution >= 0.6 is 0 Å². The van der Waals surface area contributed by atoms with Crippen LogP contribution in [0.1, 0.15) is 18.4 Å². The van der Waals surface area contributed by atoms with Crippen LogP contribution < -0.4 is 15.0 Å². The lowest BCUT2D eigenvalue weighted by molar-refractivity contribution is -0.120. The highest BCUT2D eigenvalue weighted by Crippen LogP contribution is 2.30. The van der Waals surface area contributed by atoms with Gasteiger partial charge in [-0.3, -0.25) is 4.79 Å². The van der Waals surface area contributed by atoms with E-state index in [1.54, 1.807) is 12.4 Å². The summed E-state index contributed by atoms with van der Waals surface area (Å²) in [5, 5.41) is 3.81. The molecule has 4 aromatic rings. The third kappa shape index (κ3) is 4.54. The molecule has 1 saturated heterocycles. The highest BCUT2D eigenvalue weighted by atomic mass is 19.1. The van der Waals surface area contributed by atoms with Crippen molar-refractivity contribution in [3.63, 3.8) is 0 Å². The first-order valence-corrected chi connectivity index (χ1v) is 11.0. The van der Waals surface area contributed by atoms with E-state index in [9.17, 15) is 13.6 Å². The van der Waals surface area contributed by atoms with Crippen molar-refractivity contribution in [1.82, 2.24) is 15.0 Å². The van der Waals surface area contributed by atoms with Gasteiger partial charge in [0.2, 0.25) is 5.91 Å². The summed E-state index contributed by atoms with van der Waals surface area (Å²) in [4.78, 5) is 27.0. The van der Waals surface area contributed by atoms with Crippen molar-refractivity contribution in [2.45, 2.75) is 19.8 Å². The van der Waals surface area contributed by atoms with Crippen LogP contribution in [-0.4, -0.2) is 33.9 Å². The molecule has 174 valence electrons. The van der Waals surface area contributed by atoms with Gasteiger partial charge in [0, 0.05) is 43.0 Å². The van der Waals surface area contributed by atoms with E-state index in [4.69, 9.17) is 4.74 Å². The van der Waals surface area contributed by atoms with Gasteiger partial charge in [0.1, 0.15) is 40.9 Å². The number of anilines is 2. The standard InChI is InChI=1S/C25H23F2N5O2/c1-15-13-28-23-22(15)24(30-14-29-23)32-8-6-16(7-9-32)25(33)31-19-10-18(27)11-21(12-19)34-20-4-2-17(26)3-5-20/h2-5,10-14,16H,6-9H2,1H3,(H,31,33)(H,28,29,30). The topological polar surface area (TPSA) is 83.1 Å². The summed E-state index contributed by atoms with van der Waals surface area (Å²) in [7, 11) is 0. The maximum Gasteiger partial charge on any atom is 0.227 e. The number of hydrogen-bond donors (Lipinski definition) is 2. The summed E-state index contributed by atoms with van der Waals surface area (Å²) in [6, 6.07) is 9.42. The number of nitrogens with one attached hydrogen (secondary N) is 2. The van der Waals surface area contributed by atoms with Crippen molar-refractivity contribution in [3.05, 3.63) is 72.2 Å². The Morgan fingerprint density at radius 1 is 1.06 bits per heavy atom. The minimum Gasteiger partial charge on any atom is -0.457 e. The summed E-state index contributed by atoms with van der Waals surface area (Å²) in [6.45, 7) is 3.37. The number of hydrogen-bond acceptors (Lipinski definition) is 5. The van der Waals surface area contributed by atoms with Crippen molar-refractivity contribution < 1.29 is 18.3 Å². The fourth-order valence-corrected chi connectivity index (χ4v) is 4.27. The molecule has 0 spiro atoms. The molecule has 0 bridgehead atoms. The van der Waals surface area contributed by atoms with E-state index in [0.717, 1.165) is 22.4 Å². The van der Waals surface area contributed by atoms with Crippen molar-refractivity contribution in [2.75, 3.05) is 23.3 Å². The number of amides is 1. The molecular weight excluding hydrogens is 440 g/mol. The van der Waals surface area contributed by atoms with E-state index >= 15 is 0 Å². The number of aryl methyl sites for hydroxylation is 1. The second kappa shape index (κ2) is 9.09. The van der Waals surface area contributed by atoms with Gasteiger partial charge in [-0.2, -0.15) is 0 Å². The van der Waals surface area contributed by atoms with Gasteiger partial charge >= 0.3 is 0 Å². The van der Waals surface area contributed by atoms with Crippen LogP contribution in [0.5, 0.6) is 11.5 Å². The van der Waals surface area contributed by atoms with Crippen LogP contribution in [0.25, 0.3) is 11.0 Å². The fraction of sp³-hybridized carbons (Fsp3) is 0.240. The molecule has 0 unspecified atom stereocenters. The zero-order chi connectivity index (χ0) is 23.7. The number of halogens is 2. The first-order valence-electron chi connectivity index (χ1n) is 11.0. The molecule has 0 saturated carbocycles. The number of carbonyl (C=O) groups is 1. The minimum atomic E-state index is -0.542. The van der Waals surface area contributed by atoms with Gasteiger partial charge in [0.15, 0.2) is 0 Å². The average Bonchev–Trinajstić information content (AvgIpc) is 3.21. The van der Waals surface area contributed by atoms with Gasteiger partial charge in [0.25, 0.3) is 0 Å². The van der Waals surface area contributed by atoms with E-state index in [1.165, 1.54) is 36.4 Å². The highest BCUT2D eigenvalue weighted by molar-refractivity contribution is 5.93. The largest absolute Gasteiger partial charge is 0.457 e. The van der Waals surface area contributed by atoms with E-state index in [2.05, 4.69) is 25.2 Å². The Bertz CT molecular complexity index is 1330. The van der Waals surface area contributed by atoms with Gasteiger partial charge in [0.05, 0.1) is 5.39 Å². The zero-order valence-corrected chi connectivity index (χ0v) is 18.5. The summed E-state index contributed by atoms with van der Waals surface area (Å²) in [6.07, 6.45) is 4.75. The smallest absolute Gasteiger partial charge is 0.227 e. The normalized spacial score (nSPS) is 14.4. The van der Waals surface area contributed by atoms with Crippen molar-refractivity contribution in [1.29, 1.82) is 0 Å². The number of nitrogens with zero attached hydrogens (tertiary/aromatic N) is 3. The van der Waals surface area contributed by atoms with Gasteiger partial charge < -0.3 is 19.9 Å². The van der Waals surface area contributed by atoms with Crippen LogP contribution in [0.15, 0.2) is 55.0 Å². The number of H-pyrrole nitrogens is 1. The summed E-state index contributed by atoms with van der Waals surface area (Å²) < 4.78 is 32.8. The summed E-state index contributed by atoms with van der Waals surface area (Å²) >= 11 is 0. The number of rotatable bonds is 5. The Morgan fingerprint density at radius 3 is 2.59 bits per heavy atom. The predicted octanol–water partition coefficient (Wildman–Crippen LogP) is 5.19. The Balaban J connectivity index is 1.23. The number of aromatic amines is 1. The molecule has 3 heterocycles. The molecule has 1 aliphatic rings. The highest BCUT2D eigenvalue weighted by Gasteiger charge is 2.27. The van der Waals surface area contributed by atoms with E-state index in [1.807, 2.05) is 13.1 Å². The molecule has 7 nitrogen and oxygen atoms in total. The molecule has 0 aliphatic carbocycles. The number of carbonyl (C=O) groups excluding carboxylic acids is 1. The molecule has 1 amide bonds. The lowest BCUT2D eigenvalue weighted by Gasteiger charge is -2.32. The monoisotopic (exact) mass is 463 g/mol. The van der Waals surface area contributed by atoms with Crippen molar-refractivity contribution in [2.24, 2.45) is 5.92 Å². The number of aromatic nitrogens is 3. The van der Waals surface area contributed by atoms with E-state index in [-0.39, 0.29) is 17.6 Å². The first-order chi connectivity index (χ1) is 16.5. The van der Waals surface area contributed by atoms with Gasteiger partial charge in [-0.05, 0) is 55.7 Å². The van der Waals surface area contributed by atoms with Gasteiger partial charge in [-0.25, -0.2) is 18.7 Å². The molecule has 0 radical (unpaired) electrons. The van der Waals surface area contributed by atoms with Crippen molar-refractivity contribution in [3.8, 4) is 11.5 Å². The molecule has 2 aromatic heterocycles. The maximum absolute atomic E-state index is 14.1. The number of piperidine rings is 1. The summed E-state index contributed by atoms with van der Waals surface area (Å²) in [5.41, 5.74) is 2.19. The minimum absolute atomic E-state index is 0.163. The van der Waals surface area contributed by atoms with Crippen LogP contribution in [0.4, 0.5) is 20.3 Å². The fourth-order valence-electron chi connectivity index (χ4n) is 4.27. The van der Waals surface area contributed by atoms with Crippen LogP contribution in [0.3, 0.4) is 0 Å². The molecule has 1 aliphatic heterocycles. The molecule has 2 aromatic carbocycles. The third-order valence-corrected chi connectivity index (χ3v) is 6.00. The van der Waals surface area contributed by atoms with Gasteiger partial charge in [-0.15, -0.1) is 0 Å². The lowest BCUT2D eigenvalue weighted by atomic mass is 9.95. The average molecular weight is 463 g/mol. The molecule has 2 N–H and O–H groups in total.